The molecule has 1 amide bonds. The zero-order valence-corrected chi connectivity index (χ0v) is 19.8. The molecule has 0 unspecified atom stereocenters. The number of nitrogens with one attached hydrogen (secondary N) is 1. The van der Waals surface area contributed by atoms with Crippen molar-refractivity contribution in [1.29, 1.82) is 0 Å². The van der Waals surface area contributed by atoms with Crippen LogP contribution in [0.5, 0.6) is 0 Å². The van der Waals surface area contributed by atoms with Crippen molar-refractivity contribution in [3.8, 4) is 0 Å². The van der Waals surface area contributed by atoms with Gasteiger partial charge in [-0.3, -0.25) is 14.4 Å². The van der Waals surface area contributed by atoms with E-state index < -0.39 is 21.6 Å². The van der Waals surface area contributed by atoms with Crippen LogP contribution in [0.2, 0.25) is 0 Å². The van der Waals surface area contributed by atoms with Gasteiger partial charge in [-0.25, -0.2) is 12.8 Å². The average Bonchev–Trinajstić information content (AvgIpc) is 3.41. The van der Waals surface area contributed by atoms with Crippen LogP contribution in [0.3, 0.4) is 0 Å². The Bertz CT molecular complexity index is 1260. The molecule has 0 bridgehead atoms. The van der Waals surface area contributed by atoms with Crippen LogP contribution in [-0.2, 0) is 21.1 Å². The second-order valence-corrected chi connectivity index (χ2v) is 10.5. The second kappa shape index (κ2) is 10.0. The molecule has 34 heavy (non-hydrogen) atoms. The van der Waals surface area contributed by atoms with E-state index in [9.17, 15) is 17.6 Å². The molecule has 0 saturated carbocycles. The Morgan fingerprint density at radius 1 is 1.24 bits per heavy atom. The Balaban J connectivity index is 1.43. The average molecular weight is 487 g/mol. The Morgan fingerprint density at radius 2 is 2.00 bits per heavy atom. The van der Waals surface area contributed by atoms with Crippen molar-refractivity contribution in [2.75, 3.05) is 31.8 Å². The summed E-state index contributed by atoms with van der Waals surface area (Å²) in [6.07, 6.45) is 5.36. The predicted octanol–water partition coefficient (Wildman–Crippen LogP) is 3.14. The van der Waals surface area contributed by atoms with Crippen LogP contribution < -0.4 is 5.32 Å². The minimum atomic E-state index is -3.23. The molecule has 1 N–H and O–H groups in total. The van der Waals surface area contributed by atoms with Gasteiger partial charge in [-0.1, -0.05) is 18.2 Å². The molecule has 2 aromatic carbocycles. The largest absolute Gasteiger partial charge is 0.383 e. The third-order valence-electron chi connectivity index (χ3n) is 5.92. The number of ether oxygens (including phenoxy) is 1. The Hall–Kier alpha value is -3.08. The van der Waals surface area contributed by atoms with E-state index in [1.165, 1.54) is 24.5 Å². The highest BCUT2D eigenvalue weighted by atomic mass is 32.2. The number of halogens is 1. The standard InChI is InChI=1S/C24H27FN4O4S/c1-33-16-22-11-21(15-28(22)13-17-6-8-23(9-7-17)34(2,31)32)29-14-20(12-26-29)27-24(30)18-4-3-5-19(25)10-18/h3-10,12,14,21-22H,11,13,15-16H2,1-2H3,(H,27,30)/t21-,22-/m0/s1. The van der Waals surface area contributed by atoms with Crippen molar-refractivity contribution in [3.63, 3.8) is 0 Å². The van der Waals surface area contributed by atoms with Gasteiger partial charge in [-0.2, -0.15) is 5.10 Å². The maximum Gasteiger partial charge on any atom is 0.255 e. The molecule has 3 aromatic rings. The van der Waals surface area contributed by atoms with E-state index >= 15 is 0 Å². The fraction of sp³-hybridized carbons (Fsp3) is 0.333. The summed E-state index contributed by atoms with van der Waals surface area (Å²) in [5, 5.41) is 7.19. The summed E-state index contributed by atoms with van der Waals surface area (Å²) in [6, 6.07) is 12.7. The van der Waals surface area contributed by atoms with Gasteiger partial charge in [-0.05, 0) is 42.3 Å². The zero-order valence-electron chi connectivity index (χ0n) is 19.0. The smallest absolute Gasteiger partial charge is 0.255 e. The molecule has 1 aliphatic heterocycles. The lowest BCUT2D eigenvalue weighted by Crippen LogP contribution is -2.32. The lowest BCUT2D eigenvalue weighted by Gasteiger charge is -2.23. The van der Waals surface area contributed by atoms with Gasteiger partial charge in [0.1, 0.15) is 5.82 Å². The molecule has 1 fully saturated rings. The normalized spacial score (nSPS) is 18.8. The first-order chi connectivity index (χ1) is 16.2. The number of amides is 1. The molecule has 0 radical (unpaired) electrons. The third kappa shape index (κ3) is 5.69. The van der Waals surface area contributed by atoms with Crippen molar-refractivity contribution in [1.82, 2.24) is 14.7 Å². The number of rotatable bonds is 8. The number of sulfone groups is 1. The monoisotopic (exact) mass is 486 g/mol. The molecule has 0 aliphatic carbocycles. The number of likely N-dealkylation sites (tertiary alicyclic amines) is 1. The topological polar surface area (TPSA) is 93.5 Å². The van der Waals surface area contributed by atoms with E-state index in [-0.39, 0.29) is 17.6 Å². The summed E-state index contributed by atoms with van der Waals surface area (Å²) in [4.78, 5) is 15.0. The van der Waals surface area contributed by atoms with Crippen LogP contribution in [0.15, 0.2) is 65.8 Å². The Morgan fingerprint density at radius 3 is 2.68 bits per heavy atom. The summed E-state index contributed by atoms with van der Waals surface area (Å²) in [5.74, 6) is -0.869. The van der Waals surface area contributed by atoms with E-state index in [1.54, 1.807) is 37.7 Å². The van der Waals surface area contributed by atoms with Crippen molar-refractivity contribution < 1.29 is 22.3 Å². The van der Waals surface area contributed by atoms with E-state index in [2.05, 4.69) is 15.3 Å². The lowest BCUT2D eigenvalue weighted by molar-refractivity contribution is 0.102. The van der Waals surface area contributed by atoms with E-state index in [0.717, 1.165) is 18.5 Å². The number of carbonyl (C=O) groups excluding carboxylic acids is 1. The summed E-state index contributed by atoms with van der Waals surface area (Å²) in [5.41, 5.74) is 1.78. The lowest BCUT2D eigenvalue weighted by atomic mass is 10.1. The first kappa shape index (κ1) is 24.1. The van der Waals surface area contributed by atoms with Crippen molar-refractivity contribution in [2.24, 2.45) is 0 Å². The van der Waals surface area contributed by atoms with Crippen molar-refractivity contribution >= 4 is 21.4 Å². The SMILES string of the molecule is COC[C@@H]1C[C@H](n2cc(NC(=O)c3cccc(F)c3)cn2)CN1Cc1ccc(S(C)(=O)=O)cc1. The maximum absolute atomic E-state index is 13.4. The number of hydrogen-bond acceptors (Lipinski definition) is 6. The fourth-order valence-corrected chi connectivity index (χ4v) is 4.85. The first-order valence-electron chi connectivity index (χ1n) is 10.9. The van der Waals surface area contributed by atoms with Crippen molar-refractivity contribution in [2.45, 2.75) is 29.9 Å². The summed E-state index contributed by atoms with van der Waals surface area (Å²) in [7, 11) is -1.56. The van der Waals surface area contributed by atoms with Crippen molar-refractivity contribution in [3.05, 3.63) is 77.9 Å². The third-order valence-corrected chi connectivity index (χ3v) is 7.05. The zero-order chi connectivity index (χ0) is 24.3. The highest BCUT2D eigenvalue weighted by molar-refractivity contribution is 7.90. The molecular formula is C24H27FN4O4S. The van der Waals surface area contributed by atoms with Gasteiger partial charge in [0.2, 0.25) is 0 Å². The van der Waals surface area contributed by atoms with Crippen LogP contribution in [0.1, 0.15) is 28.4 Å². The minimum Gasteiger partial charge on any atom is -0.383 e. The second-order valence-electron chi connectivity index (χ2n) is 8.52. The predicted molar refractivity (Wildman–Crippen MR) is 126 cm³/mol. The Labute approximate surface area is 198 Å². The van der Waals surface area contributed by atoms with Crippen LogP contribution >= 0.6 is 0 Å². The van der Waals surface area contributed by atoms with Gasteiger partial charge >= 0.3 is 0 Å². The molecule has 1 saturated heterocycles. The molecule has 10 heteroatoms. The van der Waals surface area contributed by atoms with Gasteiger partial charge in [-0.15, -0.1) is 0 Å². The summed E-state index contributed by atoms with van der Waals surface area (Å²) < 4.78 is 44.1. The maximum atomic E-state index is 13.4. The molecule has 180 valence electrons. The number of methoxy groups -OCH3 is 1. The minimum absolute atomic E-state index is 0.0789. The first-order valence-corrected chi connectivity index (χ1v) is 12.7. The molecule has 8 nitrogen and oxygen atoms in total. The number of aromatic nitrogens is 2. The molecule has 2 heterocycles. The van der Waals surface area contributed by atoms with Crippen LogP contribution in [0.4, 0.5) is 10.1 Å². The fourth-order valence-electron chi connectivity index (χ4n) is 4.22. The van der Waals surface area contributed by atoms with E-state index in [4.69, 9.17) is 4.74 Å². The molecule has 2 atom stereocenters. The molecule has 1 aromatic heterocycles. The van der Waals surface area contributed by atoms with Gasteiger partial charge in [0.15, 0.2) is 9.84 Å². The molecular weight excluding hydrogens is 459 g/mol. The number of anilines is 1. The summed E-state index contributed by atoms with van der Waals surface area (Å²) in [6.45, 7) is 1.93. The highest BCUT2D eigenvalue weighted by Gasteiger charge is 2.33. The molecule has 0 spiro atoms. The van der Waals surface area contributed by atoms with Gasteiger partial charge < -0.3 is 10.1 Å². The Kier molecular flexibility index (Phi) is 7.11. The quantitative estimate of drug-likeness (QED) is 0.526. The number of benzene rings is 2. The van der Waals surface area contributed by atoms with Crippen LogP contribution in [0, 0.1) is 5.82 Å². The number of nitrogens with zero attached hydrogens (tertiary/aromatic N) is 3. The highest BCUT2D eigenvalue weighted by Crippen LogP contribution is 2.29. The van der Waals surface area contributed by atoms with Gasteiger partial charge in [0, 0.05) is 44.3 Å². The van der Waals surface area contributed by atoms with E-state index in [0.29, 0.717) is 23.7 Å². The van der Waals surface area contributed by atoms with Crippen LogP contribution in [-0.4, -0.2) is 61.6 Å². The van der Waals surface area contributed by atoms with Gasteiger partial charge in [0.25, 0.3) is 5.91 Å². The summed E-state index contributed by atoms with van der Waals surface area (Å²) >= 11 is 0. The van der Waals surface area contributed by atoms with Gasteiger partial charge in [0.05, 0.1) is 29.4 Å². The molecule has 4 rings (SSSR count). The van der Waals surface area contributed by atoms with Crippen LogP contribution in [0.25, 0.3) is 0 Å². The molecule has 1 aliphatic rings. The van der Waals surface area contributed by atoms with E-state index in [1.807, 2.05) is 16.8 Å². The number of carbonyl (C=O) groups is 1. The number of hydrogen-bond donors (Lipinski definition) is 1.